The van der Waals surface area contributed by atoms with Gasteiger partial charge in [0.05, 0.1) is 12.2 Å². The van der Waals surface area contributed by atoms with Crippen molar-refractivity contribution in [2.75, 3.05) is 18.5 Å². The number of anilines is 1. The molecule has 2 heterocycles. The molecule has 0 fully saturated rings. The van der Waals surface area contributed by atoms with Crippen molar-refractivity contribution < 1.29 is 14.3 Å². The Kier molecular flexibility index (Phi) is 7.44. The summed E-state index contributed by atoms with van der Waals surface area (Å²) in [7, 11) is 0. The van der Waals surface area contributed by atoms with Crippen molar-refractivity contribution >= 4 is 45.8 Å². The van der Waals surface area contributed by atoms with Gasteiger partial charge in [0.25, 0.3) is 0 Å². The number of nitriles is 1. The molecule has 1 atom stereocenters. The van der Waals surface area contributed by atoms with Crippen molar-refractivity contribution in [2.45, 2.75) is 32.6 Å². The SMILES string of the molecule is CCCNC(=O)OCC1CCc2c(sc(NC(=O)/C=C/c3cccs3)c2C#N)C1. The molecule has 2 amide bonds. The molecule has 6 nitrogen and oxygen atoms in total. The first-order valence-corrected chi connectivity index (χ1v) is 11.3. The molecular weight excluding hydrogens is 406 g/mol. The van der Waals surface area contributed by atoms with E-state index < -0.39 is 0 Å². The lowest BCUT2D eigenvalue weighted by Gasteiger charge is -2.21. The van der Waals surface area contributed by atoms with Gasteiger partial charge in [0.15, 0.2) is 0 Å². The zero-order valence-electron chi connectivity index (χ0n) is 16.2. The van der Waals surface area contributed by atoms with E-state index in [9.17, 15) is 14.9 Å². The van der Waals surface area contributed by atoms with Crippen molar-refractivity contribution in [3.63, 3.8) is 0 Å². The van der Waals surface area contributed by atoms with Gasteiger partial charge in [-0.3, -0.25) is 4.79 Å². The van der Waals surface area contributed by atoms with E-state index in [1.165, 1.54) is 17.4 Å². The number of rotatable bonds is 7. The van der Waals surface area contributed by atoms with Crippen molar-refractivity contribution in [1.82, 2.24) is 5.32 Å². The molecule has 8 heteroatoms. The van der Waals surface area contributed by atoms with Crippen molar-refractivity contribution in [3.05, 3.63) is 44.5 Å². The Morgan fingerprint density at radius 3 is 3.03 bits per heavy atom. The van der Waals surface area contributed by atoms with E-state index in [0.29, 0.717) is 23.7 Å². The smallest absolute Gasteiger partial charge is 0.407 e. The number of nitrogens with zero attached hydrogens (tertiary/aromatic N) is 1. The second kappa shape index (κ2) is 10.2. The molecule has 1 aliphatic rings. The van der Waals surface area contributed by atoms with Gasteiger partial charge in [-0.05, 0) is 54.7 Å². The molecule has 0 bridgehead atoms. The molecule has 0 radical (unpaired) electrons. The summed E-state index contributed by atoms with van der Waals surface area (Å²) >= 11 is 3.00. The Hall–Kier alpha value is -2.63. The fraction of sp³-hybridized carbons (Fsp3) is 0.381. The number of nitrogens with one attached hydrogen (secondary N) is 2. The van der Waals surface area contributed by atoms with E-state index in [0.717, 1.165) is 41.0 Å². The number of carbonyl (C=O) groups is 2. The van der Waals surface area contributed by atoms with Crippen LogP contribution in [0.4, 0.5) is 9.80 Å². The van der Waals surface area contributed by atoms with Crippen LogP contribution in [0.25, 0.3) is 6.08 Å². The molecule has 2 aromatic rings. The summed E-state index contributed by atoms with van der Waals surface area (Å²) in [6.45, 7) is 2.95. The first-order valence-electron chi connectivity index (χ1n) is 9.58. The summed E-state index contributed by atoms with van der Waals surface area (Å²) < 4.78 is 5.31. The summed E-state index contributed by atoms with van der Waals surface area (Å²) in [5.74, 6) is -0.0247. The summed E-state index contributed by atoms with van der Waals surface area (Å²) in [6.07, 6.45) is 6.08. The van der Waals surface area contributed by atoms with Crippen LogP contribution in [0.5, 0.6) is 0 Å². The third-order valence-electron chi connectivity index (χ3n) is 4.63. The van der Waals surface area contributed by atoms with Crippen LogP contribution in [-0.4, -0.2) is 25.2 Å². The minimum Gasteiger partial charge on any atom is -0.449 e. The first-order chi connectivity index (χ1) is 14.1. The number of thiophene rings is 2. The van der Waals surface area contributed by atoms with Crippen LogP contribution in [0.1, 0.15) is 40.6 Å². The van der Waals surface area contributed by atoms with E-state index in [1.807, 2.05) is 24.4 Å². The van der Waals surface area contributed by atoms with Gasteiger partial charge in [0.1, 0.15) is 11.1 Å². The molecule has 29 heavy (non-hydrogen) atoms. The molecule has 1 aliphatic carbocycles. The summed E-state index contributed by atoms with van der Waals surface area (Å²) in [5, 5.41) is 17.7. The highest BCUT2D eigenvalue weighted by Gasteiger charge is 2.27. The van der Waals surface area contributed by atoms with Crippen LogP contribution < -0.4 is 10.6 Å². The molecule has 0 spiro atoms. The number of alkyl carbamates (subject to hydrolysis) is 1. The van der Waals surface area contributed by atoms with Gasteiger partial charge in [-0.15, -0.1) is 22.7 Å². The van der Waals surface area contributed by atoms with Gasteiger partial charge in [-0.1, -0.05) is 13.0 Å². The van der Waals surface area contributed by atoms with Crippen LogP contribution in [0.2, 0.25) is 0 Å². The van der Waals surface area contributed by atoms with Gasteiger partial charge in [-0.25, -0.2) is 4.79 Å². The van der Waals surface area contributed by atoms with Crippen LogP contribution in [0.3, 0.4) is 0 Å². The van der Waals surface area contributed by atoms with Crippen molar-refractivity contribution in [2.24, 2.45) is 5.92 Å². The zero-order valence-corrected chi connectivity index (χ0v) is 17.8. The van der Waals surface area contributed by atoms with E-state index in [-0.39, 0.29) is 17.9 Å². The van der Waals surface area contributed by atoms with Crippen LogP contribution in [0, 0.1) is 17.2 Å². The fourth-order valence-electron chi connectivity index (χ4n) is 3.17. The lowest BCUT2D eigenvalue weighted by Crippen LogP contribution is -2.28. The highest BCUT2D eigenvalue weighted by molar-refractivity contribution is 7.16. The second-order valence-electron chi connectivity index (χ2n) is 6.79. The molecule has 0 saturated heterocycles. The normalized spacial score (nSPS) is 15.5. The van der Waals surface area contributed by atoms with Gasteiger partial charge >= 0.3 is 6.09 Å². The largest absolute Gasteiger partial charge is 0.449 e. The number of ether oxygens (including phenoxy) is 1. The molecule has 3 rings (SSSR count). The molecule has 0 aromatic carbocycles. The van der Waals surface area contributed by atoms with Crippen LogP contribution >= 0.6 is 22.7 Å². The number of carbonyl (C=O) groups excluding carboxylic acids is 2. The quantitative estimate of drug-likeness (QED) is 0.631. The minimum absolute atomic E-state index is 0.224. The van der Waals surface area contributed by atoms with E-state index >= 15 is 0 Å². The van der Waals surface area contributed by atoms with Crippen molar-refractivity contribution in [3.8, 4) is 6.07 Å². The van der Waals surface area contributed by atoms with Gasteiger partial charge in [-0.2, -0.15) is 5.26 Å². The molecule has 1 unspecified atom stereocenters. The Bertz CT molecular complexity index is 926. The monoisotopic (exact) mass is 429 g/mol. The van der Waals surface area contributed by atoms with Gasteiger partial charge in [0, 0.05) is 22.4 Å². The molecule has 152 valence electrons. The zero-order chi connectivity index (χ0) is 20.6. The number of hydrogen-bond acceptors (Lipinski definition) is 6. The second-order valence-corrected chi connectivity index (χ2v) is 8.88. The highest BCUT2D eigenvalue weighted by atomic mass is 32.1. The molecular formula is C21H23N3O3S2. The lowest BCUT2D eigenvalue weighted by molar-refractivity contribution is -0.111. The maximum absolute atomic E-state index is 12.3. The van der Waals surface area contributed by atoms with Gasteiger partial charge < -0.3 is 15.4 Å². The Morgan fingerprint density at radius 2 is 2.31 bits per heavy atom. The maximum atomic E-state index is 12.3. The Labute approximate surface area is 178 Å². The van der Waals surface area contributed by atoms with Crippen LogP contribution in [0.15, 0.2) is 23.6 Å². The third-order valence-corrected chi connectivity index (χ3v) is 6.63. The summed E-state index contributed by atoms with van der Waals surface area (Å²) in [4.78, 5) is 26.0. The average Bonchev–Trinajstić information content (AvgIpc) is 3.35. The lowest BCUT2D eigenvalue weighted by atomic mass is 9.88. The summed E-state index contributed by atoms with van der Waals surface area (Å²) in [5.41, 5.74) is 1.57. The van der Waals surface area contributed by atoms with E-state index in [4.69, 9.17) is 4.74 Å². The van der Waals surface area contributed by atoms with Crippen molar-refractivity contribution in [1.29, 1.82) is 5.26 Å². The average molecular weight is 430 g/mol. The predicted molar refractivity (Wildman–Crippen MR) is 116 cm³/mol. The number of hydrogen-bond donors (Lipinski definition) is 2. The summed E-state index contributed by atoms with van der Waals surface area (Å²) in [6, 6.07) is 6.11. The standard InChI is InChI=1S/C21H23N3O3S2/c1-2-9-23-21(26)27-13-14-5-7-16-17(12-22)20(29-18(16)11-14)24-19(25)8-6-15-4-3-10-28-15/h3-4,6,8,10,14H,2,5,7,9,11,13H2,1H3,(H,23,26)(H,24,25)/b8-6+. The fourth-order valence-corrected chi connectivity index (χ4v) is 5.11. The maximum Gasteiger partial charge on any atom is 0.407 e. The van der Waals surface area contributed by atoms with E-state index in [1.54, 1.807) is 17.4 Å². The Balaban J connectivity index is 1.61. The first kappa shape index (κ1) is 21.1. The van der Waals surface area contributed by atoms with Crippen LogP contribution in [-0.2, 0) is 22.4 Å². The molecule has 2 aromatic heterocycles. The minimum atomic E-state index is -0.382. The Morgan fingerprint density at radius 1 is 1.45 bits per heavy atom. The topological polar surface area (TPSA) is 91.2 Å². The van der Waals surface area contributed by atoms with E-state index in [2.05, 4.69) is 16.7 Å². The molecule has 2 N–H and O–H groups in total. The number of fused-ring (bicyclic) bond motifs is 1. The molecule has 0 saturated carbocycles. The highest BCUT2D eigenvalue weighted by Crippen LogP contribution is 2.39. The predicted octanol–water partition coefficient (Wildman–Crippen LogP) is 4.57. The molecule has 0 aliphatic heterocycles. The number of amides is 2. The van der Waals surface area contributed by atoms with Gasteiger partial charge in [0.2, 0.25) is 5.91 Å². The third kappa shape index (κ3) is 5.68.